The number of carbonyl (C=O) groups excluding carboxylic acids is 2. The molecule has 0 aromatic heterocycles. The molecule has 0 radical (unpaired) electrons. The second kappa shape index (κ2) is 7.68. The average molecular weight is 313 g/mol. The number of benzene rings is 2. The minimum absolute atomic E-state index is 0.0606. The summed E-state index contributed by atoms with van der Waals surface area (Å²) in [7, 11) is 0. The summed E-state index contributed by atoms with van der Waals surface area (Å²) in [5.41, 5.74) is 2.31. The van der Waals surface area contributed by atoms with Gasteiger partial charge in [0.2, 0.25) is 5.91 Å². The van der Waals surface area contributed by atoms with E-state index in [9.17, 15) is 14.0 Å². The van der Waals surface area contributed by atoms with Gasteiger partial charge in [0, 0.05) is 24.1 Å². The summed E-state index contributed by atoms with van der Waals surface area (Å²) in [5, 5.41) is 2.64. The number of halogens is 1. The summed E-state index contributed by atoms with van der Waals surface area (Å²) in [6.07, 6.45) is 0.246. The van der Waals surface area contributed by atoms with E-state index < -0.39 is 0 Å². The van der Waals surface area contributed by atoms with Crippen LogP contribution in [0, 0.1) is 5.82 Å². The fourth-order valence-electron chi connectivity index (χ4n) is 2.18. The summed E-state index contributed by atoms with van der Waals surface area (Å²) >= 11 is 0. The topological polar surface area (TPSA) is 46.2 Å². The molecule has 2 aromatic carbocycles. The molecule has 1 N–H and O–H groups in total. The summed E-state index contributed by atoms with van der Waals surface area (Å²) in [5.74, 6) is -0.262. The molecule has 0 fully saturated rings. The van der Waals surface area contributed by atoms with Crippen LogP contribution in [-0.2, 0) is 4.79 Å². The number of carbonyl (C=O) groups is 2. The van der Waals surface area contributed by atoms with E-state index in [0.29, 0.717) is 17.2 Å². The third-order valence-electron chi connectivity index (χ3n) is 3.61. The van der Waals surface area contributed by atoms with Gasteiger partial charge >= 0.3 is 0 Å². The van der Waals surface area contributed by atoms with Crippen molar-refractivity contribution in [3.05, 3.63) is 65.5 Å². The highest BCUT2D eigenvalue weighted by Crippen LogP contribution is 2.16. The first-order valence-electron chi connectivity index (χ1n) is 7.64. The molecular formula is C19H20FNO2. The van der Waals surface area contributed by atoms with Crippen molar-refractivity contribution in [3.63, 3.8) is 0 Å². The molecule has 3 nitrogen and oxygen atoms in total. The lowest BCUT2D eigenvalue weighted by Gasteiger charge is -2.07. The molecule has 2 aromatic rings. The Labute approximate surface area is 135 Å². The first-order chi connectivity index (χ1) is 11.0. The van der Waals surface area contributed by atoms with Crippen LogP contribution < -0.4 is 5.32 Å². The van der Waals surface area contributed by atoms with Gasteiger partial charge in [-0.25, -0.2) is 4.39 Å². The molecule has 0 spiro atoms. The van der Waals surface area contributed by atoms with Crippen molar-refractivity contribution in [2.24, 2.45) is 0 Å². The molecular weight excluding hydrogens is 293 g/mol. The lowest BCUT2D eigenvalue weighted by Crippen LogP contribution is -2.13. The summed E-state index contributed by atoms with van der Waals surface area (Å²) < 4.78 is 12.8. The van der Waals surface area contributed by atoms with Crippen LogP contribution in [0.5, 0.6) is 0 Å². The van der Waals surface area contributed by atoms with E-state index in [4.69, 9.17) is 0 Å². The quantitative estimate of drug-likeness (QED) is 0.795. The predicted molar refractivity (Wildman–Crippen MR) is 89.1 cm³/mol. The normalized spacial score (nSPS) is 10.6. The molecule has 0 aliphatic heterocycles. The molecule has 2 rings (SSSR count). The summed E-state index contributed by atoms with van der Waals surface area (Å²) in [4.78, 5) is 23.9. The molecule has 4 heteroatoms. The largest absolute Gasteiger partial charge is 0.326 e. The fraction of sp³-hybridized carbons (Fsp3) is 0.263. The number of Topliss-reactive ketones (excluding diaryl/α,β-unsaturated/α-hetero) is 1. The predicted octanol–water partition coefficient (Wildman–Crippen LogP) is 4.55. The van der Waals surface area contributed by atoms with E-state index in [0.717, 1.165) is 0 Å². The van der Waals surface area contributed by atoms with E-state index in [2.05, 4.69) is 19.2 Å². The molecule has 0 saturated heterocycles. The molecule has 0 heterocycles. The van der Waals surface area contributed by atoms with Crippen LogP contribution in [0.2, 0.25) is 0 Å². The Kier molecular flexibility index (Phi) is 5.63. The van der Waals surface area contributed by atoms with E-state index in [1.807, 2.05) is 12.1 Å². The van der Waals surface area contributed by atoms with Gasteiger partial charge in [0.15, 0.2) is 5.78 Å². The minimum atomic E-state index is -0.358. The maximum atomic E-state index is 12.8. The van der Waals surface area contributed by atoms with E-state index in [-0.39, 0.29) is 30.3 Å². The van der Waals surface area contributed by atoms with Gasteiger partial charge in [0.25, 0.3) is 0 Å². The van der Waals surface area contributed by atoms with Crippen molar-refractivity contribution in [1.29, 1.82) is 0 Å². The van der Waals surface area contributed by atoms with Crippen molar-refractivity contribution in [1.82, 2.24) is 0 Å². The first-order valence-corrected chi connectivity index (χ1v) is 7.64. The minimum Gasteiger partial charge on any atom is -0.326 e. The van der Waals surface area contributed by atoms with Gasteiger partial charge in [0.05, 0.1) is 0 Å². The van der Waals surface area contributed by atoms with Crippen LogP contribution in [0.25, 0.3) is 0 Å². The number of hydrogen-bond acceptors (Lipinski definition) is 2. The monoisotopic (exact) mass is 313 g/mol. The molecule has 0 saturated carbocycles. The van der Waals surface area contributed by atoms with Crippen molar-refractivity contribution < 1.29 is 14.0 Å². The highest BCUT2D eigenvalue weighted by molar-refractivity contribution is 6.00. The zero-order valence-electron chi connectivity index (χ0n) is 13.3. The average Bonchev–Trinajstić information content (AvgIpc) is 2.55. The van der Waals surface area contributed by atoms with Crippen LogP contribution in [0.4, 0.5) is 10.1 Å². The molecule has 0 unspecified atom stereocenters. The number of anilines is 1. The number of ketones is 1. The Bertz CT molecular complexity index is 676. The molecule has 0 atom stereocenters. The van der Waals surface area contributed by atoms with Crippen molar-refractivity contribution in [2.45, 2.75) is 32.6 Å². The number of amides is 1. The Morgan fingerprint density at radius 1 is 0.957 bits per heavy atom. The smallest absolute Gasteiger partial charge is 0.224 e. The lowest BCUT2D eigenvalue weighted by atomic mass is 9.99. The third-order valence-corrected chi connectivity index (χ3v) is 3.61. The highest BCUT2D eigenvalue weighted by Gasteiger charge is 2.10. The summed E-state index contributed by atoms with van der Waals surface area (Å²) in [6.45, 7) is 4.19. The van der Waals surface area contributed by atoms with E-state index in [1.165, 1.54) is 29.8 Å². The molecule has 120 valence electrons. The Hall–Kier alpha value is -2.49. The number of rotatable bonds is 6. The zero-order chi connectivity index (χ0) is 16.8. The Balaban J connectivity index is 1.85. The fourth-order valence-corrected chi connectivity index (χ4v) is 2.18. The van der Waals surface area contributed by atoms with Gasteiger partial charge < -0.3 is 5.32 Å². The molecule has 0 bridgehead atoms. The van der Waals surface area contributed by atoms with Crippen molar-refractivity contribution >= 4 is 17.4 Å². The highest BCUT2D eigenvalue weighted by atomic mass is 19.1. The Morgan fingerprint density at radius 2 is 1.57 bits per heavy atom. The molecule has 1 amide bonds. The van der Waals surface area contributed by atoms with Gasteiger partial charge in [-0.3, -0.25) is 9.59 Å². The molecule has 23 heavy (non-hydrogen) atoms. The van der Waals surface area contributed by atoms with Crippen molar-refractivity contribution in [2.75, 3.05) is 5.32 Å². The van der Waals surface area contributed by atoms with Crippen LogP contribution in [0.15, 0.2) is 48.5 Å². The maximum absolute atomic E-state index is 12.8. The van der Waals surface area contributed by atoms with Crippen LogP contribution in [0.1, 0.15) is 48.5 Å². The summed E-state index contributed by atoms with van der Waals surface area (Å²) in [6, 6.07) is 13.0. The van der Waals surface area contributed by atoms with Crippen LogP contribution in [0.3, 0.4) is 0 Å². The van der Waals surface area contributed by atoms with Gasteiger partial charge in [-0.15, -0.1) is 0 Å². The molecule has 0 aliphatic carbocycles. The van der Waals surface area contributed by atoms with Crippen molar-refractivity contribution in [3.8, 4) is 0 Å². The number of hydrogen-bond donors (Lipinski definition) is 1. The third kappa shape index (κ3) is 5.02. The standard InChI is InChI=1S/C19H20FNO2/c1-13(2)14-3-5-15(6-4-14)18(22)11-12-19(23)21-17-9-7-16(20)8-10-17/h3-10,13H,11-12H2,1-2H3,(H,21,23). The van der Waals surface area contributed by atoms with E-state index in [1.54, 1.807) is 12.1 Å². The van der Waals surface area contributed by atoms with E-state index >= 15 is 0 Å². The second-order valence-electron chi connectivity index (χ2n) is 5.75. The lowest BCUT2D eigenvalue weighted by molar-refractivity contribution is -0.116. The number of nitrogens with one attached hydrogen (secondary N) is 1. The first kappa shape index (κ1) is 16.9. The van der Waals surface area contributed by atoms with Gasteiger partial charge in [-0.1, -0.05) is 38.1 Å². The maximum Gasteiger partial charge on any atom is 0.224 e. The van der Waals surface area contributed by atoms with Gasteiger partial charge in [0.1, 0.15) is 5.82 Å². The Morgan fingerprint density at radius 3 is 2.13 bits per heavy atom. The van der Waals surface area contributed by atoms with Crippen LogP contribution >= 0.6 is 0 Å². The second-order valence-corrected chi connectivity index (χ2v) is 5.75. The molecule has 0 aliphatic rings. The zero-order valence-corrected chi connectivity index (χ0v) is 13.3. The SMILES string of the molecule is CC(C)c1ccc(C(=O)CCC(=O)Nc2ccc(F)cc2)cc1. The van der Waals surface area contributed by atoms with Gasteiger partial charge in [-0.05, 0) is 35.7 Å². The van der Waals surface area contributed by atoms with Crippen LogP contribution in [-0.4, -0.2) is 11.7 Å². The van der Waals surface area contributed by atoms with Gasteiger partial charge in [-0.2, -0.15) is 0 Å².